The molecule has 18 heavy (non-hydrogen) atoms. The summed E-state index contributed by atoms with van der Waals surface area (Å²) >= 11 is 0. The van der Waals surface area contributed by atoms with Gasteiger partial charge in [-0.25, -0.2) is 0 Å². The Morgan fingerprint density at radius 2 is 2.28 bits per heavy atom. The van der Waals surface area contributed by atoms with Crippen molar-refractivity contribution >= 4 is 29.9 Å². The van der Waals surface area contributed by atoms with E-state index in [1.807, 2.05) is 31.3 Å². The van der Waals surface area contributed by atoms with Crippen molar-refractivity contribution in [1.82, 2.24) is 14.8 Å². The number of aromatic nitrogens is 1. The fourth-order valence-corrected chi connectivity index (χ4v) is 1.63. The van der Waals surface area contributed by atoms with Crippen LogP contribution in [0.1, 0.15) is 12.1 Å². The van der Waals surface area contributed by atoms with Gasteiger partial charge in [0.05, 0.1) is 13.2 Å². The van der Waals surface area contributed by atoms with Crippen LogP contribution in [-0.2, 0) is 13.6 Å². The van der Waals surface area contributed by atoms with Crippen LogP contribution in [0.3, 0.4) is 0 Å². The molecule has 6 heteroatoms. The summed E-state index contributed by atoms with van der Waals surface area (Å²) in [5.41, 5.74) is 1.21. The van der Waals surface area contributed by atoms with Crippen molar-refractivity contribution in [2.24, 2.45) is 12.0 Å². The molecule has 0 aliphatic carbocycles. The average molecular weight is 368 g/mol. The number of halogens is 2. The Kier molecular flexibility index (Phi) is 8.78. The molecule has 0 saturated carbocycles. The van der Waals surface area contributed by atoms with Gasteiger partial charge in [0.25, 0.3) is 0 Å². The highest BCUT2D eigenvalue weighted by atomic mass is 127. The van der Waals surface area contributed by atoms with Crippen LogP contribution in [0.4, 0.5) is 4.39 Å². The standard InChI is InChI=1S/C12H21FN4.HI/c1-14-12(15-8-5-7-13)17(3)10-11-6-4-9-16(11)2;/h4,6,9H,5,7-8,10H2,1-3H3,(H,14,15);1H. The van der Waals surface area contributed by atoms with Gasteiger partial charge < -0.3 is 14.8 Å². The van der Waals surface area contributed by atoms with Crippen LogP contribution in [0.25, 0.3) is 0 Å². The minimum atomic E-state index is -0.300. The molecule has 0 fully saturated rings. The van der Waals surface area contributed by atoms with E-state index in [9.17, 15) is 4.39 Å². The van der Waals surface area contributed by atoms with E-state index in [-0.39, 0.29) is 30.7 Å². The Bertz CT molecular complexity index is 365. The van der Waals surface area contributed by atoms with Crippen molar-refractivity contribution in [3.63, 3.8) is 0 Å². The summed E-state index contributed by atoms with van der Waals surface area (Å²) in [6.07, 6.45) is 2.53. The fourth-order valence-electron chi connectivity index (χ4n) is 1.63. The molecule has 0 amide bonds. The molecule has 0 bridgehead atoms. The molecule has 1 aromatic heterocycles. The van der Waals surface area contributed by atoms with Crippen molar-refractivity contribution < 1.29 is 4.39 Å². The molecule has 0 aliphatic rings. The Labute approximate surface area is 125 Å². The lowest BCUT2D eigenvalue weighted by atomic mass is 10.4. The molecule has 0 saturated heterocycles. The number of aliphatic imine (C=N–C) groups is 1. The van der Waals surface area contributed by atoms with Crippen molar-refractivity contribution in [3.8, 4) is 0 Å². The van der Waals surface area contributed by atoms with Crippen LogP contribution in [0.15, 0.2) is 23.3 Å². The highest BCUT2D eigenvalue weighted by molar-refractivity contribution is 14.0. The number of hydrogen-bond acceptors (Lipinski definition) is 1. The van der Waals surface area contributed by atoms with E-state index in [0.717, 1.165) is 12.5 Å². The maximum Gasteiger partial charge on any atom is 0.193 e. The van der Waals surface area contributed by atoms with Gasteiger partial charge in [-0.2, -0.15) is 0 Å². The first kappa shape index (κ1) is 17.2. The molecule has 1 aromatic rings. The van der Waals surface area contributed by atoms with Gasteiger partial charge in [-0.3, -0.25) is 9.38 Å². The largest absolute Gasteiger partial charge is 0.356 e. The Hall–Kier alpha value is -0.790. The molecule has 0 radical (unpaired) electrons. The van der Waals surface area contributed by atoms with E-state index in [1.54, 1.807) is 7.05 Å². The van der Waals surface area contributed by atoms with Crippen molar-refractivity contribution in [2.75, 3.05) is 27.3 Å². The summed E-state index contributed by atoms with van der Waals surface area (Å²) < 4.78 is 14.1. The van der Waals surface area contributed by atoms with Gasteiger partial charge >= 0.3 is 0 Å². The van der Waals surface area contributed by atoms with Gasteiger partial charge in [-0.1, -0.05) is 0 Å². The van der Waals surface area contributed by atoms with Gasteiger partial charge in [0, 0.05) is 39.6 Å². The van der Waals surface area contributed by atoms with Crippen LogP contribution in [0.2, 0.25) is 0 Å². The number of nitrogens with zero attached hydrogens (tertiary/aromatic N) is 3. The second-order valence-corrected chi connectivity index (χ2v) is 3.98. The predicted molar refractivity (Wildman–Crippen MR) is 84.2 cm³/mol. The maximum atomic E-state index is 12.0. The third-order valence-electron chi connectivity index (χ3n) is 2.62. The molecular weight excluding hydrogens is 346 g/mol. The molecule has 1 heterocycles. The normalized spacial score (nSPS) is 11.0. The summed E-state index contributed by atoms with van der Waals surface area (Å²) in [7, 11) is 5.72. The van der Waals surface area contributed by atoms with Crippen LogP contribution < -0.4 is 5.32 Å². The van der Waals surface area contributed by atoms with Crippen LogP contribution in [0, 0.1) is 0 Å². The minimum Gasteiger partial charge on any atom is -0.356 e. The van der Waals surface area contributed by atoms with Gasteiger partial charge in [0.2, 0.25) is 0 Å². The molecule has 1 rings (SSSR count). The van der Waals surface area contributed by atoms with E-state index in [1.165, 1.54) is 5.69 Å². The smallest absolute Gasteiger partial charge is 0.193 e. The van der Waals surface area contributed by atoms with Gasteiger partial charge in [-0.15, -0.1) is 24.0 Å². The van der Waals surface area contributed by atoms with Crippen molar-refractivity contribution in [3.05, 3.63) is 24.0 Å². The van der Waals surface area contributed by atoms with Gasteiger partial charge in [-0.05, 0) is 18.6 Å². The number of rotatable bonds is 5. The SMILES string of the molecule is CN=C(NCCCF)N(C)Cc1cccn1C.I. The molecule has 104 valence electrons. The molecule has 0 unspecified atom stereocenters. The zero-order valence-electron chi connectivity index (χ0n) is 11.2. The van der Waals surface area contributed by atoms with E-state index < -0.39 is 0 Å². The summed E-state index contributed by atoms with van der Waals surface area (Å²) in [6, 6.07) is 4.09. The summed E-state index contributed by atoms with van der Waals surface area (Å²) in [5.74, 6) is 0.791. The van der Waals surface area contributed by atoms with Crippen molar-refractivity contribution in [2.45, 2.75) is 13.0 Å². The monoisotopic (exact) mass is 368 g/mol. The number of alkyl halides is 1. The second-order valence-electron chi connectivity index (χ2n) is 3.98. The quantitative estimate of drug-likeness (QED) is 0.373. The first-order chi connectivity index (χ1) is 8.19. The van der Waals surface area contributed by atoms with E-state index in [2.05, 4.69) is 20.9 Å². The molecule has 0 spiro atoms. The first-order valence-electron chi connectivity index (χ1n) is 5.77. The Morgan fingerprint density at radius 3 is 2.78 bits per heavy atom. The molecule has 0 aliphatic heterocycles. The Balaban J connectivity index is 0.00000289. The lowest BCUT2D eigenvalue weighted by Gasteiger charge is -2.22. The lowest BCUT2D eigenvalue weighted by Crippen LogP contribution is -2.39. The number of hydrogen-bond donors (Lipinski definition) is 1. The molecule has 0 atom stereocenters. The maximum absolute atomic E-state index is 12.0. The van der Waals surface area contributed by atoms with Crippen molar-refractivity contribution in [1.29, 1.82) is 0 Å². The Morgan fingerprint density at radius 1 is 1.56 bits per heavy atom. The summed E-state index contributed by atoms with van der Waals surface area (Å²) in [6.45, 7) is 1.09. The zero-order chi connectivity index (χ0) is 12.7. The number of nitrogens with one attached hydrogen (secondary N) is 1. The van der Waals surface area contributed by atoms with Crippen LogP contribution in [0.5, 0.6) is 0 Å². The summed E-state index contributed by atoms with van der Waals surface area (Å²) in [4.78, 5) is 6.19. The highest BCUT2D eigenvalue weighted by Crippen LogP contribution is 2.03. The molecular formula is C12H22FIN4. The topological polar surface area (TPSA) is 32.6 Å². The highest BCUT2D eigenvalue weighted by Gasteiger charge is 2.07. The van der Waals surface area contributed by atoms with E-state index in [0.29, 0.717) is 13.0 Å². The van der Waals surface area contributed by atoms with E-state index >= 15 is 0 Å². The van der Waals surface area contributed by atoms with Gasteiger partial charge in [0.1, 0.15) is 0 Å². The zero-order valence-corrected chi connectivity index (χ0v) is 13.5. The number of guanidine groups is 1. The lowest BCUT2D eigenvalue weighted by molar-refractivity contribution is 0.444. The fraction of sp³-hybridized carbons (Fsp3) is 0.583. The third-order valence-corrected chi connectivity index (χ3v) is 2.62. The minimum absolute atomic E-state index is 0. The first-order valence-corrected chi connectivity index (χ1v) is 5.77. The molecule has 0 aromatic carbocycles. The predicted octanol–water partition coefficient (Wildman–Crippen LogP) is 2.01. The van der Waals surface area contributed by atoms with E-state index in [4.69, 9.17) is 0 Å². The third kappa shape index (κ3) is 5.24. The van der Waals surface area contributed by atoms with Crippen LogP contribution in [-0.4, -0.2) is 42.7 Å². The molecule has 1 N–H and O–H groups in total. The molecule has 4 nitrogen and oxygen atoms in total. The van der Waals surface area contributed by atoms with Crippen LogP contribution >= 0.6 is 24.0 Å². The average Bonchev–Trinajstić information content (AvgIpc) is 2.70. The number of aryl methyl sites for hydroxylation is 1. The second kappa shape index (κ2) is 9.18. The van der Waals surface area contributed by atoms with Gasteiger partial charge in [0.15, 0.2) is 5.96 Å². The summed E-state index contributed by atoms with van der Waals surface area (Å²) in [5, 5.41) is 3.13.